The Labute approximate surface area is 95.0 Å². The van der Waals surface area contributed by atoms with Gasteiger partial charge in [0.15, 0.2) is 0 Å². The minimum absolute atomic E-state index is 0.0227. The highest BCUT2D eigenvalue weighted by Crippen LogP contribution is 2.29. The van der Waals surface area contributed by atoms with Crippen LogP contribution >= 0.6 is 0 Å². The first kappa shape index (κ1) is 12.5. The summed E-state index contributed by atoms with van der Waals surface area (Å²) in [6, 6.07) is 1.40. The van der Waals surface area contributed by atoms with Crippen LogP contribution in [0.1, 0.15) is 32.1 Å². The number of Topliss-reactive ketones (excluding diaryl/α,β-unsaturated/α-hetero) is 1. The van der Waals surface area contributed by atoms with Gasteiger partial charge in [-0.25, -0.2) is 4.79 Å². The summed E-state index contributed by atoms with van der Waals surface area (Å²) in [4.78, 5) is 22.0. The van der Waals surface area contributed by atoms with Crippen molar-refractivity contribution in [3.8, 4) is 6.07 Å². The maximum absolute atomic E-state index is 11.5. The van der Waals surface area contributed by atoms with E-state index in [-0.39, 0.29) is 18.1 Å². The van der Waals surface area contributed by atoms with E-state index in [1.54, 1.807) is 0 Å². The predicted molar refractivity (Wildman–Crippen MR) is 58.3 cm³/mol. The molecule has 5 nitrogen and oxygen atoms in total. The zero-order chi connectivity index (χ0) is 12.0. The number of primary amides is 1. The lowest BCUT2D eigenvalue weighted by molar-refractivity contribution is -0.123. The molecular formula is C11H17N3O2. The molecule has 1 saturated carbocycles. The lowest BCUT2D eigenvalue weighted by Crippen LogP contribution is -2.35. The quantitative estimate of drug-likeness (QED) is 0.742. The van der Waals surface area contributed by atoms with Gasteiger partial charge in [-0.2, -0.15) is 5.26 Å². The van der Waals surface area contributed by atoms with Crippen LogP contribution in [0.25, 0.3) is 0 Å². The molecule has 16 heavy (non-hydrogen) atoms. The van der Waals surface area contributed by atoms with Gasteiger partial charge in [-0.3, -0.25) is 4.79 Å². The molecule has 1 aliphatic rings. The van der Waals surface area contributed by atoms with E-state index < -0.39 is 6.03 Å². The number of carbonyl (C=O) groups is 2. The average Bonchev–Trinajstić information content (AvgIpc) is 2.27. The van der Waals surface area contributed by atoms with Gasteiger partial charge in [0.2, 0.25) is 0 Å². The molecule has 0 aromatic rings. The Hall–Kier alpha value is -1.57. The molecule has 0 aromatic carbocycles. The van der Waals surface area contributed by atoms with Crippen LogP contribution in [0, 0.1) is 23.2 Å². The van der Waals surface area contributed by atoms with Crippen molar-refractivity contribution in [1.82, 2.24) is 5.32 Å². The summed E-state index contributed by atoms with van der Waals surface area (Å²) in [5.41, 5.74) is 4.98. The lowest BCUT2D eigenvalue weighted by Gasteiger charge is -2.27. The molecule has 0 heterocycles. The van der Waals surface area contributed by atoms with Gasteiger partial charge in [-0.05, 0) is 31.6 Å². The Kier molecular flexibility index (Phi) is 4.77. The number of ketones is 1. The van der Waals surface area contributed by atoms with E-state index in [2.05, 4.69) is 5.32 Å². The highest BCUT2D eigenvalue weighted by atomic mass is 16.2. The zero-order valence-corrected chi connectivity index (χ0v) is 9.24. The molecule has 0 atom stereocenters. The summed E-state index contributed by atoms with van der Waals surface area (Å²) >= 11 is 0. The third-order valence-electron chi connectivity index (χ3n) is 3.12. The number of nitrogens with zero attached hydrogens (tertiary/aromatic N) is 1. The van der Waals surface area contributed by atoms with Crippen LogP contribution in [0.4, 0.5) is 4.79 Å². The lowest BCUT2D eigenvalue weighted by atomic mass is 9.79. The summed E-state index contributed by atoms with van der Waals surface area (Å²) in [5, 5.41) is 11.0. The van der Waals surface area contributed by atoms with Gasteiger partial charge in [0, 0.05) is 12.5 Å². The predicted octanol–water partition coefficient (Wildman–Crippen LogP) is 0.944. The van der Waals surface area contributed by atoms with Crippen molar-refractivity contribution in [3.63, 3.8) is 0 Å². The number of rotatable bonds is 4. The standard InChI is InChI=1S/C11H17N3O2/c12-6-5-10(15)9-3-1-8(2-4-9)7-14-11(13)16/h8-9H,1-5,7H2,(H3,13,14,16). The van der Waals surface area contributed by atoms with Crippen molar-refractivity contribution in [2.75, 3.05) is 6.54 Å². The smallest absolute Gasteiger partial charge is 0.312 e. The maximum atomic E-state index is 11.5. The normalized spacial score (nSPS) is 24.4. The van der Waals surface area contributed by atoms with E-state index in [0.717, 1.165) is 25.7 Å². The first-order valence-corrected chi connectivity index (χ1v) is 5.56. The molecule has 0 spiro atoms. The van der Waals surface area contributed by atoms with Crippen LogP contribution in [0.2, 0.25) is 0 Å². The number of hydrogen-bond acceptors (Lipinski definition) is 3. The molecular weight excluding hydrogens is 206 g/mol. The minimum atomic E-state index is -0.498. The van der Waals surface area contributed by atoms with Gasteiger partial charge in [-0.1, -0.05) is 0 Å². The minimum Gasteiger partial charge on any atom is -0.352 e. The van der Waals surface area contributed by atoms with Crippen LogP contribution in [-0.2, 0) is 4.79 Å². The molecule has 0 radical (unpaired) electrons. The third-order valence-corrected chi connectivity index (χ3v) is 3.12. The van der Waals surface area contributed by atoms with Crippen LogP contribution in [-0.4, -0.2) is 18.4 Å². The Morgan fingerprint density at radius 1 is 1.31 bits per heavy atom. The Morgan fingerprint density at radius 2 is 1.94 bits per heavy atom. The van der Waals surface area contributed by atoms with Crippen LogP contribution in [0.5, 0.6) is 0 Å². The van der Waals surface area contributed by atoms with Crippen molar-refractivity contribution in [1.29, 1.82) is 5.26 Å². The summed E-state index contributed by atoms with van der Waals surface area (Å²) in [6.07, 6.45) is 3.51. The van der Waals surface area contributed by atoms with E-state index in [1.807, 2.05) is 6.07 Å². The number of urea groups is 1. The second-order valence-electron chi connectivity index (χ2n) is 4.26. The van der Waals surface area contributed by atoms with E-state index in [9.17, 15) is 9.59 Å². The Morgan fingerprint density at radius 3 is 2.44 bits per heavy atom. The van der Waals surface area contributed by atoms with E-state index >= 15 is 0 Å². The first-order valence-electron chi connectivity index (χ1n) is 5.56. The fraction of sp³-hybridized carbons (Fsp3) is 0.727. The topological polar surface area (TPSA) is 96.0 Å². The van der Waals surface area contributed by atoms with E-state index in [0.29, 0.717) is 12.5 Å². The summed E-state index contributed by atoms with van der Waals surface area (Å²) < 4.78 is 0. The number of carbonyl (C=O) groups excluding carboxylic acids is 2. The van der Waals surface area contributed by atoms with Crippen molar-refractivity contribution < 1.29 is 9.59 Å². The molecule has 1 fully saturated rings. The monoisotopic (exact) mass is 223 g/mol. The van der Waals surface area contributed by atoms with Gasteiger partial charge in [0.05, 0.1) is 12.5 Å². The van der Waals surface area contributed by atoms with Crippen LogP contribution in [0.3, 0.4) is 0 Å². The van der Waals surface area contributed by atoms with Crippen molar-refractivity contribution in [2.24, 2.45) is 17.6 Å². The van der Waals surface area contributed by atoms with Gasteiger partial charge in [0.1, 0.15) is 5.78 Å². The van der Waals surface area contributed by atoms with Gasteiger partial charge in [-0.15, -0.1) is 0 Å². The maximum Gasteiger partial charge on any atom is 0.312 e. The largest absolute Gasteiger partial charge is 0.352 e. The summed E-state index contributed by atoms with van der Waals surface area (Å²) in [7, 11) is 0. The molecule has 0 saturated heterocycles. The highest BCUT2D eigenvalue weighted by molar-refractivity contribution is 5.82. The fourth-order valence-electron chi connectivity index (χ4n) is 2.16. The molecule has 0 aromatic heterocycles. The SMILES string of the molecule is N#CCC(=O)C1CCC(CNC(N)=O)CC1. The first-order chi connectivity index (χ1) is 7.63. The van der Waals surface area contributed by atoms with E-state index in [4.69, 9.17) is 11.0 Å². The van der Waals surface area contributed by atoms with Crippen LogP contribution in [0.15, 0.2) is 0 Å². The molecule has 0 bridgehead atoms. The number of nitriles is 1. The summed E-state index contributed by atoms with van der Waals surface area (Å²) in [6.45, 7) is 0.592. The zero-order valence-electron chi connectivity index (χ0n) is 9.24. The van der Waals surface area contributed by atoms with Crippen LogP contribution < -0.4 is 11.1 Å². The number of nitrogens with two attached hydrogens (primary N) is 1. The fourth-order valence-corrected chi connectivity index (χ4v) is 2.16. The molecule has 3 N–H and O–H groups in total. The van der Waals surface area contributed by atoms with Gasteiger partial charge >= 0.3 is 6.03 Å². The molecule has 5 heteroatoms. The molecule has 0 unspecified atom stereocenters. The van der Waals surface area contributed by atoms with Gasteiger partial charge in [0.25, 0.3) is 0 Å². The average molecular weight is 223 g/mol. The number of hydrogen-bond donors (Lipinski definition) is 2. The van der Waals surface area contributed by atoms with Crippen molar-refractivity contribution in [3.05, 3.63) is 0 Å². The van der Waals surface area contributed by atoms with Gasteiger partial charge < -0.3 is 11.1 Å². The second kappa shape index (κ2) is 6.11. The molecule has 88 valence electrons. The number of amides is 2. The molecule has 0 aliphatic heterocycles. The molecule has 2 amide bonds. The molecule has 1 rings (SSSR count). The van der Waals surface area contributed by atoms with E-state index in [1.165, 1.54) is 0 Å². The number of nitrogens with one attached hydrogen (secondary N) is 1. The third kappa shape index (κ3) is 3.89. The highest BCUT2D eigenvalue weighted by Gasteiger charge is 2.25. The Balaban J connectivity index is 2.26. The Bertz CT molecular complexity index is 301. The molecule has 1 aliphatic carbocycles. The second-order valence-corrected chi connectivity index (χ2v) is 4.26. The van der Waals surface area contributed by atoms with Crippen molar-refractivity contribution >= 4 is 11.8 Å². The van der Waals surface area contributed by atoms with Crippen molar-refractivity contribution in [2.45, 2.75) is 32.1 Å². The summed E-state index contributed by atoms with van der Waals surface area (Å²) in [5.74, 6) is 0.520.